The van der Waals surface area contributed by atoms with Crippen molar-refractivity contribution < 1.29 is 4.79 Å². The maximum atomic E-state index is 12.0. The van der Waals surface area contributed by atoms with Crippen LogP contribution in [0.2, 0.25) is 0 Å². The zero-order valence-corrected chi connectivity index (χ0v) is 10.2. The van der Waals surface area contributed by atoms with Crippen molar-refractivity contribution in [1.82, 2.24) is 4.98 Å². The van der Waals surface area contributed by atoms with E-state index in [1.54, 1.807) is 25.1 Å². The molecule has 0 fully saturated rings. The van der Waals surface area contributed by atoms with Gasteiger partial charge in [0.05, 0.1) is 11.3 Å². The Bertz CT molecular complexity index is 726. The topological polar surface area (TPSA) is 85.8 Å². The summed E-state index contributed by atoms with van der Waals surface area (Å²) in [6.07, 6.45) is 1.40. The first-order chi connectivity index (χ1) is 9.11. The van der Waals surface area contributed by atoms with Gasteiger partial charge in [0, 0.05) is 17.8 Å². The second-order valence-electron chi connectivity index (χ2n) is 4.00. The molecule has 1 aromatic carbocycles. The van der Waals surface area contributed by atoms with Gasteiger partial charge >= 0.3 is 0 Å². The molecule has 0 saturated carbocycles. The number of nitriles is 1. The van der Waals surface area contributed by atoms with Crippen LogP contribution in [0.15, 0.2) is 41.3 Å². The number of aromatic amines is 1. The molecule has 94 valence electrons. The number of rotatable bonds is 2. The molecule has 1 amide bonds. The number of nitrogens with one attached hydrogen (secondary N) is 2. The Morgan fingerprint density at radius 1 is 1.37 bits per heavy atom. The molecule has 0 aliphatic heterocycles. The Hall–Kier alpha value is -2.87. The number of carbonyl (C=O) groups is 1. The van der Waals surface area contributed by atoms with Gasteiger partial charge in [-0.25, -0.2) is 0 Å². The van der Waals surface area contributed by atoms with Crippen LogP contribution < -0.4 is 10.9 Å². The summed E-state index contributed by atoms with van der Waals surface area (Å²) in [5, 5.41) is 11.7. The number of pyridine rings is 1. The zero-order chi connectivity index (χ0) is 13.8. The first-order valence-electron chi connectivity index (χ1n) is 5.61. The molecule has 0 saturated heterocycles. The van der Waals surface area contributed by atoms with Gasteiger partial charge in [0.2, 0.25) is 5.56 Å². The third-order valence-electron chi connectivity index (χ3n) is 2.67. The van der Waals surface area contributed by atoms with Crippen LogP contribution in [0.3, 0.4) is 0 Å². The number of amides is 1. The van der Waals surface area contributed by atoms with Crippen LogP contribution in [0.5, 0.6) is 0 Å². The van der Waals surface area contributed by atoms with E-state index in [0.29, 0.717) is 11.3 Å². The normalized spacial score (nSPS) is 9.68. The molecule has 0 atom stereocenters. The van der Waals surface area contributed by atoms with E-state index in [4.69, 9.17) is 5.26 Å². The first kappa shape index (κ1) is 12.6. The molecule has 5 heteroatoms. The minimum Gasteiger partial charge on any atom is -0.329 e. The summed E-state index contributed by atoms with van der Waals surface area (Å²) in [6, 6.07) is 9.95. The molecule has 0 spiro atoms. The van der Waals surface area contributed by atoms with Gasteiger partial charge in [0.15, 0.2) is 0 Å². The minimum atomic E-state index is -0.423. The lowest BCUT2D eigenvalue weighted by atomic mass is 10.1. The maximum absolute atomic E-state index is 12.0. The van der Waals surface area contributed by atoms with Crippen LogP contribution in [0, 0.1) is 18.3 Å². The number of benzene rings is 1. The van der Waals surface area contributed by atoms with Crippen molar-refractivity contribution in [2.75, 3.05) is 5.32 Å². The average molecular weight is 253 g/mol. The highest BCUT2D eigenvalue weighted by molar-refractivity contribution is 6.04. The third kappa shape index (κ3) is 2.69. The Morgan fingerprint density at radius 2 is 2.16 bits per heavy atom. The Labute approximate surface area is 109 Å². The minimum absolute atomic E-state index is 0.245. The van der Waals surface area contributed by atoms with Crippen LogP contribution in [-0.2, 0) is 0 Å². The molecular formula is C14H11N3O2. The summed E-state index contributed by atoms with van der Waals surface area (Å²) >= 11 is 0. The molecule has 2 rings (SSSR count). The second-order valence-corrected chi connectivity index (χ2v) is 4.00. The van der Waals surface area contributed by atoms with Crippen molar-refractivity contribution in [1.29, 1.82) is 5.26 Å². The Kier molecular flexibility index (Phi) is 3.44. The van der Waals surface area contributed by atoms with Crippen molar-refractivity contribution in [3.63, 3.8) is 0 Å². The molecular weight excluding hydrogens is 242 g/mol. The summed E-state index contributed by atoms with van der Waals surface area (Å²) < 4.78 is 0. The maximum Gasteiger partial charge on any atom is 0.255 e. The van der Waals surface area contributed by atoms with E-state index in [1.165, 1.54) is 18.3 Å². The van der Waals surface area contributed by atoms with Gasteiger partial charge in [-0.1, -0.05) is 12.1 Å². The van der Waals surface area contributed by atoms with E-state index in [2.05, 4.69) is 10.3 Å². The third-order valence-corrected chi connectivity index (χ3v) is 2.67. The summed E-state index contributed by atoms with van der Waals surface area (Å²) in [7, 11) is 0. The van der Waals surface area contributed by atoms with Gasteiger partial charge in [0.25, 0.3) is 5.91 Å². The highest BCUT2D eigenvalue weighted by Gasteiger charge is 2.10. The number of carbonyl (C=O) groups excluding carboxylic acids is 1. The number of aryl methyl sites for hydroxylation is 1. The number of nitrogens with zero attached hydrogens (tertiary/aromatic N) is 1. The van der Waals surface area contributed by atoms with E-state index in [1.807, 2.05) is 6.07 Å². The fraction of sp³-hybridized carbons (Fsp3) is 0.0714. The van der Waals surface area contributed by atoms with Gasteiger partial charge in [0.1, 0.15) is 6.07 Å². The molecule has 0 aliphatic carbocycles. The average Bonchev–Trinajstić information content (AvgIpc) is 2.39. The van der Waals surface area contributed by atoms with Crippen LogP contribution in [0.25, 0.3) is 0 Å². The van der Waals surface area contributed by atoms with Crippen LogP contribution >= 0.6 is 0 Å². The predicted molar refractivity (Wildman–Crippen MR) is 70.9 cm³/mol. The van der Waals surface area contributed by atoms with E-state index >= 15 is 0 Å². The monoisotopic (exact) mass is 253 g/mol. The highest BCUT2D eigenvalue weighted by Crippen LogP contribution is 2.18. The van der Waals surface area contributed by atoms with E-state index in [0.717, 1.165) is 5.56 Å². The van der Waals surface area contributed by atoms with Crippen molar-refractivity contribution in [3.8, 4) is 6.07 Å². The highest BCUT2D eigenvalue weighted by atomic mass is 16.2. The molecule has 2 N–H and O–H groups in total. The lowest BCUT2D eigenvalue weighted by Crippen LogP contribution is -2.16. The van der Waals surface area contributed by atoms with Crippen LogP contribution in [0.1, 0.15) is 21.5 Å². The molecule has 1 heterocycles. The number of hydrogen-bond donors (Lipinski definition) is 2. The van der Waals surface area contributed by atoms with Crippen LogP contribution in [-0.4, -0.2) is 10.9 Å². The van der Waals surface area contributed by atoms with Crippen molar-refractivity contribution >= 4 is 11.6 Å². The summed E-state index contributed by atoms with van der Waals surface area (Å²) in [5.74, 6) is -0.423. The molecule has 0 bridgehead atoms. The molecule has 2 aromatic rings. The SMILES string of the molecule is Cc1cccc(NC(=O)c2cc[nH]c(=O)c2)c1C#N. The summed E-state index contributed by atoms with van der Waals surface area (Å²) in [4.78, 5) is 25.5. The van der Waals surface area contributed by atoms with Gasteiger partial charge in [-0.15, -0.1) is 0 Å². The zero-order valence-electron chi connectivity index (χ0n) is 10.2. The fourth-order valence-corrected chi connectivity index (χ4v) is 1.70. The molecule has 0 radical (unpaired) electrons. The van der Waals surface area contributed by atoms with Gasteiger partial charge in [-0.3, -0.25) is 9.59 Å². The number of hydrogen-bond acceptors (Lipinski definition) is 3. The van der Waals surface area contributed by atoms with Crippen molar-refractivity contribution in [2.24, 2.45) is 0 Å². The van der Waals surface area contributed by atoms with Gasteiger partial charge < -0.3 is 10.3 Å². The Balaban J connectivity index is 2.33. The first-order valence-corrected chi connectivity index (χ1v) is 5.61. The Morgan fingerprint density at radius 3 is 2.84 bits per heavy atom. The van der Waals surface area contributed by atoms with Gasteiger partial charge in [-0.05, 0) is 24.6 Å². The van der Waals surface area contributed by atoms with E-state index in [9.17, 15) is 9.59 Å². The second kappa shape index (κ2) is 5.19. The van der Waals surface area contributed by atoms with Crippen LogP contribution in [0.4, 0.5) is 5.69 Å². The smallest absolute Gasteiger partial charge is 0.255 e. The molecule has 1 aromatic heterocycles. The van der Waals surface area contributed by atoms with E-state index < -0.39 is 5.91 Å². The number of aromatic nitrogens is 1. The van der Waals surface area contributed by atoms with Gasteiger partial charge in [-0.2, -0.15) is 5.26 Å². The molecule has 0 aliphatic rings. The molecule has 0 unspecified atom stereocenters. The lowest BCUT2D eigenvalue weighted by Gasteiger charge is -2.08. The van der Waals surface area contributed by atoms with E-state index in [-0.39, 0.29) is 11.1 Å². The standard InChI is InChI=1S/C14H11N3O2/c1-9-3-2-4-12(11(9)8-15)17-14(19)10-5-6-16-13(18)7-10/h2-7H,1H3,(H,16,18)(H,17,19). The lowest BCUT2D eigenvalue weighted by molar-refractivity contribution is 0.102. The summed E-state index contributed by atoms with van der Waals surface area (Å²) in [6.45, 7) is 1.79. The van der Waals surface area contributed by atoms with Crippen molar-refractivity contribution in [3.05, 3.63) is 63.6 Å². The van der Waals surface area contributed by atoms with Crippen molar-refractivity contribution in [2.45, 2.75) is 6.92 Å². The fourth-order valence-electron chi connectivity index (χ4n) is 1.70. The largest absolute Gasteiger partial charge is 0.329 e. The summed E-state index contributed by atoms with van der Waals surface area (Å²) in [5.41, 5.74) is 1.53. The predicted octanol–water partition coefficient (Wildman–Crippen LogP) is 1.81. The number of anilines is 1. The molecule has 19 heavy (non-hydrogen) atoms. The number of H-pyrrole nitrogens is 1. The quantitative estimate of drug-likeness (QED) is 0.855. The molecule has 5 nitrogen and oxygen atoms in total.